The summed E-state index contributed by atoms with van der Waals surface area (Å²) in [4.78, 5) is 21.8. The Morgan fingerprint density at radius 2 is 2.30 bits per heavy atom. The molecule has 5 nitrogen and oxygen atoms in total. The van der Waals surface area contributed by atoms with Crippen LogP contribution in [-0.2, 0) is 16.0 Å². The largest absolute Gasteiger partial charge is 0.348 e. The van der Waals surface area contributed by atoms with E-state index in [0.29, 0.717) is 13.0 Å². The van der Waals surface area contributed by atoms with Gasteiger partial charge in [0.25, 0.3) is 0 Å². The summed E-state index contributed by atoms with van der Waals surface area (Å²) in [5, 5.41) is 0. The molecule has 0 radical (unpaired) electrons. The summed E-state index contributed by atoms with van der Waals surface area (Å²) in [5.74, 6) is 1.14. The number of amides is 1. The van der Waals surface area contributed by atoms with Gasteiger partial charge in [0, 0.05) is 19.4 Å². The number of nitrogens with one attached hydrogen (secondary N) is 1. The minimum Gasteiger partial charge on any atom is -0.348 e. The summed E-state index contributed by atoms with van der Waals surface area (Å²) in [6, 6.07) is 7.98. The molecule has 1 N–H and O–H groups in total. The maximum absolute atomic E-state index is 12.1. The molecule has 1 amide bonds. The third kappa shape index (κ3) is 2.08. The van der Waals surface area contributed by atoms with E-state index < -0.39 is 0 Å². The summed E-state index contributed by atoms with van der Waals surface area (Å²) >= 11 is 0. The van der Waals surface area contributed by atoms with E-state index in [2.05, 4.69) is 9.97 Å². The second-order valence-corrected chi connectivity index (χ2v) is 5.50. The van der Waals surface area contributed by atoms with Crippen LogP contribution in [-0.4, -0.2) is 39.7 Å². The maximum Gasteiger partial charge on any atom is 0.224 e. The van der Waals surface area contributed by atoms with Crippen molar-refractivity contribution in [3.05, 3.63) is 30.1 Å². The second kappa shape index (κ2) is 4.59. The highest BCUT2D eigenvalue weighted by molar-refractivity contribution is 5.77. The Hall–Kier alpha value is -1.88. The van der Waals surface area contributed by atoms with Gasteiger partial charge in [-0.25, -0.2) is 4.98 Å². The highest BCUT2D eigenvalue weighted by atomic mass is 16.6. The molecule has 0 spiro atoms. The van der Waals surface area contributed by atoms with E-state index in [0.717, 1.165) is 36.1 Å². The van der Waals surface area contributed by atoms with Gasteiger partial charge >= 0.3 is 0 Å². The molecule has 0 saturated carbocycles. The van der Waals surface area contributed by atoms with Crippen molar-refractivity contribution in [2.24, 2.45) is 0 Å². The van der Waals surface area contributed by atoms with E-state index in [9.17, 15) is 4.79 Å². The predicted octanol–water partition coefficient (Wildman–Crippen LogP) is 1.84. The Bertz CT molecular complexity index is 618. The van der Waals surface area contributed by atoms with Crippen LogP contribution in [0.4, 0.5) is 0 Å². The van der Waals surface area contributed by atoms with Crippen LogP contribution in [0.3, 0.4) is 0 Å². The van der Waals surface area contributed by atoms with Gasteiger partial charge in [-0.2, -0.15) is 0 Å². The first kappa shape index (κ1) is 11.9. The summed E-state index contributed by atoms with van der Waals surface area (Å²) < 4.78 is 5.56. The molecule has 1 aromatic heterocycles. The van der Waals surface area contributed by atoms with Crippen molar-refractivity contribution in [3.63, 3.8) is 0 Å². The van der Waals surface area contributed by atoms with E-state index in [1.165, 1.54) is 0 Å². The molecule has 2 aromatic rings. The first-order valence-corrected chi connectivity index (χ1v) is 7.20. The van der Waals surface area contributed by atoms with Crippen molar-refractivity contribution < 1.29 is 9.53 Å². The number of carbonyl (C=O) groups excluding carboxylic acids is 1. The lowest BCUT2D eigenvalue weighted by molar-refractivity contribution is -0.133. The van der Waals surface area contributed by atoms with Gasteiger partial charge in [-0.3, -0.25) is 4.79 Å². The smallest absolute Gasteiger partial charge is 0.224 e. The molecule has 20 heavy (non-hydrogen) atoms. The molecule has 2 aliphatic rings. The van der Waals surface area contributed by atoms with Gasteiger partial charge < -0.3 is 14.6 Å². The number of para-hydroxylation sites is 2. The lowest BCUT2D eigenvalue weighted by Crippen LogP contribution is -2.35. The number of aromatic nitrogens is 2. The van der Waals surface area contributed by atoms with Crippen LogP contribution in [0.15, 0.2) is 24.3 Å². The molecule has 0 bridgehead atoms. The van der Waals surface area contributed by atoms with Crippen molar-refractivity contribution >= 4 is 16.9 Å². The highest BCUT2D eigenvalue weighted by Gasteiger charge is 2.46. The summed E-state index contributed by atoms with van der Waals surface area (Å²) in [7, 11) is 0. The number of nitrogens with zero attached hydrogens (tertiary/aromatic N) is 2. The molecule has 1 aromatic carbocycles. The molecule has 2 unspecified atom stereocenters. The molecule has 2 fully saturated rings. The van der Waals surface area contributed by atoms with Crippen molar-refractivity contribution in [2.75, 3.05) is 6.54 Å². The number of fused-ring (bicyclic) bond motifs is 2. The highest BCUT2D eigenvalue weighted by Crippen LogP contribution is 2.34. The second-order valence-electron chi connectivity index (χ2n) is 5.50. The summed E-state index contributed by atoms with van der Waals surface area (Å²) in [5.41, 5.74) is 2.02. The van der Waals surface area contributed by atoms with Crippen molar-refractivity contribution in [1.82, 2.24) is 14.9 Å². The van der Waals surface area contributed by atoms with Crippen molar-refractivity contribution in [3.8, 4) is 0 Å². The number of epoxide rings is 1. The molecule has 104 valence electrons. The van der Waals surface area contributed by atoms with Crippen molar-refractivity contribution in [1.29, 1.82) is 0 Å². The minimum absolute atomic E-state index is 0.0226. The molecule has 2 saturated heterocycles. The number of aromatic amines is 1. The Balaban J connectivity index is 1.47. The van der Waals surface area contributed by atoms with Crippen molar-refractivity contribution in [2.45, 2.75) is 38.0 Å². The summed E-state index contributed by atoms with van der Waals surface area (Å²) in [6.45, 7) is 0.680. The third-order valence-corrected chi connectivity index (χ3v) is 4.09. The number of ether oxygens (including phenoxy) is 1. The fourth-order valence-electron chi connectivity index (χ4n) is 2.96. The van der Waals surface area contributed by atoms with E-state index in [1.54, 1.807) is 0 Å². The molecule has 2 atom stereocenters. The first-order valence-electron chi connectivity index (χ1n) is 7.20. The lowest BCUT2D eigenvalue weighted by Gasteiger charge is -2.18. The monoisotopic (exact) mass is 271 g/mol. The van der Waals surface area contributed by atoms with Crippen LogP contribution >= 0.6 is 0 Å². The van der Waals surface area contributed by atoms with E-state index in [4.69, 9.17) is 4.74 Å². The fourth-order valence-corrected chi connectivity index (χ4v) is 2.96. The van der Waals surface area contributed by atoms with E-state index in [1.807, 2.05) is 29.2 Å². The number of likely N-dealkylation sites (tertiary alicyclic amines) is 1. The van der Waals surface area contributed by atoms with Crippen LogP contribution in [0.5, 0.6) is 0 Å². The van der Waals surface area contributed by atoms with Gasteiger partial charge in [-0.05, 0) is 25.0 Å². The number of benzene rings is 1. The maximum atomic E-state index is 12.1. The van der Waals surface area contributed by atoms with Gasteiger partial charge in [0.05, 0.1) is 11.0 Å². The van der Waals surface area contributed by atoms with Crippen LogP contribution < -0.4 is 0 Å². The molecule has 3 heterocycles. The molecule has 0 aliphatic carbocycles. The van der Waals surface area contributed by atoms with Gasteiger partial charge in [0.2, 0.25) is 5.91 Å². The average Bonchev–Trinajstić information content (AvgIpc) is 3.10. The van der Waals surface area contributed by atoms with E-state index in [-0.39, 0.29) is 18.2 Å². The normalized spacial score (nSPS) is 25.6. The molecular formula is C15H17N3O2. The van der Waals surface area contributed by atoms with Crippen LogP contribution in [0, 0.1) is 0 Å². The number of hydrogen-bond donors (Lipinski definition) is 1. The van der Waals surface area contributed by atoms with Crippen LogP contribution in [0.1, 0.15) is 25.1 Å². The number of carbonyl (C=O) groups is 1. The number of H-pyrrole nitrogens is 1. The van der Waals surface area contributed by atoms with E-state index >= 15 is 0 Å². The number of rotatable bonds is 3. The standard InChI is InChI=1S/C15H17N3O2/c19-14-7-3-6-12-15(20-12)18(14)9-8-13-16-10-4-1-2-5-11(10)17-13/h1-2,4-5,12,15H,3,6-9H2,(H,16,17). The predicted molar refractivity (Wildman–Crippen MR) is 74.0 cm³/mol. The van der Waals surface area contributed by atoms with Crippen LogP contribution in [0.2, 0.25) is 0 Å². The number of hydrogen-bond acceptors (Lipinski definition) is 3. The van der Waals surface area contributed by atoms with Gasteiger partial charge in [0.1, 0.15) is 11.9 Å². The zero-order valence-electron chi connectivity index (χ0n) is 11.2. The first-order chi connectivity index (χ1) is 9.81. The quantitative estimate of drug-likeness (QED) is 0.866. The molecule has 5 heteroatoms. The van der Waals surface area contributed by atoms with Gasteiger partial charge in [-0.1, -0.05) is 12.1 Å². The molecule has 4 rings (SSSR count). The zero-order chi connectivity index (χ0) is 13.5. The Morgan fingerprint density at radius 3 is 3.20 bits per heavy atom. The molecular weight excluding hydrogens is 254 g/mol. The summed E-state index contributed by atoms with van der Waals surface area (Å²) in [6.07, 6.45) is 3.65. The minimum atomic E-state index is 0.0226. The fraction of sp³-hybridized carbons (Fsp3) is 0.467. The average molecular weight is 271 g/mol. The topological polar surface area (TPSA) is 61.5 Å². The third-order valence-electron chi connectivity index (χ3n) is 4.09. The lowest BCUT2D eigenvalue weighted by atomic mass is 10.2. The van der Waals surface area contributed by atoms with Crippen LogP contribution in [0.25, 0.3) is 11.0 Å². The zero-order valence-corrected chi connectivity index (χ0v) is 11.2. The van der Waals surface area contributed by atoms with Gasteiger partial charge in [0.15, 0.2) is 6.23 Å². The Morgan fingerprint density at radius 1 is 1.40 bits per heavy atom. The Kier molecular flexibility index (Phi) is 2.73. The number of imidazole rings is 1. The molecule has 2 aliphatic heterocycles. The van der Waals surface area contributed by atoms with Gasteiger partial charge in [-0.15, -0.1) is 0 Å². The SMILES string of the molecule is O=C1CCCC2OC2N1CCc1nc2ccccc2[nH]1. The Labute approximate surface area is 116 Å².